The van der Waals surface area contributed by atoms with E-state index in [4.69, 9.17) is 16.3 Å². The normalized spacial score (nSPS) is 11.9. The van der Waals surface area contributed by atoms with E-state index in [2.05, 4.69) is 19.2 Å². The topological polar surface area (TPSA) is 21.3 Å². The molecule has 0 spiro atoms. The lowest BCUT2D eigenvalue weighted by Crippen LogP contribution is -2.15. The van der Waals surface area contributed by atoms with Gasteiger partial charge in [0, 0.05) is 13.2 Å². The molecule has 1 aromatic carbocycles. The van der Waals surface area contributed by atoms with Crippen LogP contribution in [0.3, 0.4) is 0 Å². The number of nitrogens with one attached hydrogen (secondary N) is 1. The first-order valence-electron chi connectivity index (χ1n) is 6.49. The van der Waals surface area contributed by atoms with E-state index in [-0.39, 0.29) is 17.3 Å². The van der Waals surface area contributed by atoms with E-state index < -0.39 is 11.7 Å². The van der Waals surface area contributed by atoms with Crippen LogP contribution in [0.1, 0.15) is 25.8 Å². The Labute approximate surface area is 122 Å². The Morgan fingerprint density at radius 1 is 1.25 bits per heavy atom. The van der Waals surface area contributed by atoms with Crippen LogP contribution in [0.4, 0.5) is 18.9 Å². The summed E-state index contributed by atoms with van der Waals surface area (Å²) in [6, 6.07) is 3.72. The van der Waals surface area contributed by atoms with Crippen LogP contribution in [0.15, 0.2) is 18.2 Å². The van der Waals surface area contributed by atoms with Crippen molar-refractivity contribution in [2.75, 3.05) is 25.1 Å². The van der Waals surface area contributed by atoms with Crippen molar-refractivity contribution >= 4 is 17.3 Å². The lowest BCUT2D eigenvalue weighted by molar-refractivity contribution is -0.137. The van der Waals surface area contributed by atoms with Crippen molar-refractivity contribution in [3.05, 3.63) is 28.8 Å². The molecule has 0 aliphatic heterocycles. The maximum absolute atomic E-state index is 12.8. The van der Waals surface area contributed by atoms with Gasteiger partial charge in [-0.3, -0.25) is 0 Å². The third-order valence-electron chi connectivity index (χ3n) is 2.71. The summed E-state index contributed by atoms with van der Waals surface area (Å²) in [5.41, 5.74) is -0.846. The van der Waals surface area contributed by atoms with Crippen LogP contribution >= 0.6 is 11.6 Å². The van der Waals surface area contributed by atoms with Gasteiger partial charge in [0.25, 0.3) is 0 Å². The van der Waals surface area contributed by atoms with E-state index in [1.54, 1.807) is 0 Å². The Morgan fingerprint density at radius 2 is 1.95 bits per heavy atom. The molecule has 0 atom stereocenters. The van der Waals surface area contributed by atoms with Crippen molar-refractivity contribution in [1.29, 1.82) is 0 Å². The summed E-state index contributed by atoms with van der Waals surface area (Å²) >= 11 is 5.81. The zero-order valence-electron chi connectivity index (χ0n) is 11.6. The highest BCUT2D eigenvalue weighted by atomic mass is 35.5. The molecule has 114 valence electrons. The van der Waals surface area contributed by atoms with Crippen molar-refractivity contribution in [1.82, 2.24) is 0 Å². The minimum Gasteiger partial charge on any atom is -0.381 e. The molecule has 1 rings (SSSR count). The fourth-order valence-electron chi connectivity index (χ4n) is 1.61. The molecule has 0 bridgehead atoms. The molecule has 0 saturated heterocycles. The third-order valence-corrected chi connectivity index (χ3v) is 3.02. The van der Waals surface area contributed by atoms with Crippen LogP contribution in [0.25, 0.3) is 0 Å². The molecule has 20 heavy (non-hydrogen) atoms. The van der Waals surface area contributed by atoms with Gasteiger partial charge in [0.2, 0.25) is 0 Å². The third kappa shape index (κ3) is 5.59. The van der Waals surface area contributed by atoms with Crippen molar-refractivity contribution in [3.63, 3.8) is 0 Å². The van der Waals surface area contributed by atoms with Gasteiger partial charge in [-0.1, -0.05) is 31.5 Å². The molecule has 0 heterocycles. The molecule has 0 aliphatic carbocycles. The van der Waals surface area contributed by atoms with Gasteiger partial charge < -0.3 is 10.1 Å². The average molecular weight is 310 g/mol. The Kier molecular flexibility index (Phi) is 6.62. The highest BCUT2D eigenvalue weighted by molar-refractivity contribution is 6.33. The first-order chi connectivity index (χ1) is 9.32. The molecule has 0 fully saturated rings. The zero-order valence-corrected chi connectivity index (χ0v) is 12.3. The summed E-state index contributed by atoms with van der Waals surface area (Å²) in [4.78, 5) is 0. The summed E-state index contributed by atoms with van der Waals surface area (Å²) in [7, 11) is 0. The van der Waals surface area contributed by atoms with E-state index in [0.29, 0.717) is 19.1 Å². The Hall–Kier alpha value is -0.940. The first-order valence-corrected chi connectivity index (χ1v) is 6.87. The molecule has 6 heteroatoms. The Bertz CT molecular complexity index is 421. The van der Waals surface area contributed by atoms with E-state index in [9.17, 15) is 13.2 Å². The van der Waals surface area contributed by atoms with Gasteiger partial charge in [-0.05, 0) is 24.5 Å². The second kappa shape index (κ2) is 7.74. The van der Waals surface area contributed by atoms with Crippen LogP contribution in [0.2, 0.25) is 5.02 Å². The van der Waals surface area contributed by atoms with Gasteiger partial charge in [0.15, 0.2) is 0 Å². The van der Waals surface area contributed by atoms with Gasteiger partial charge in [-0.15, -0.1) is 0 Å². The molecule has 0 aromatic heterocycles. The number of halogens is 4. The molecule has 0 amide bonds. The van der Waals surface area contributed by atoms with Crippen LogP contribution in [0, 0.1) is 5.92 Å². The predicted molar refractivity (Wildman–Crippen MR) is 75.2 cm³/mol. The molecule has 1 N–H and O–H groups in total. The Balaban J connectivity index is 2.51. The molecule has 1 aromatic rings. The molecular weight excluding hydrogens is 291 g/mol. The number of hydrogen-bond donors (Lipinski definition) is 1. The van der Waals surface area contributed by atoms with Crippen LogP contribution in [-0.2, 0) is 10.9 Å². The van der Waals surface area contributed by atoms with E-state index in [1.807, 2.05) is 0 Å². The van der Waals surface area contributed by atoms with Gasteiger partial charge in [0.05, 0.1) is 22.9 Å². The van der Waals surface area contributed by atoms with Crippen molar-refractivity contribution < 1.29 is 17.9 Å². The van der Waals surface area contributed by atoms with E-state index >= 15 is 0 Å². The summed E-state index contributed by atoms with van der Waals surface area (Å²) in [5.74, 6) is 0.545. The number of para-hydroxylation sites is 1. The fourth-order valence-corrected chi connectivity index (χ4v) is 1.85. The maximum atomic E-state index is 12.8. The Morgan fingerprint density at radius 3 is 2.55 bits per heavy atom. The minimum absolute atomic E-state index is 0.0574. The number of benzene rings is 1. The van der Waals surface area contributed by atoms with Gasteiger partial charge in [0.1, 0.15) is 0 Å². The maximum Gasteiger partial charge on any atom is 0.418 e. The lowest BCUT2D eigenvalue weighted by atomic mass is 10.1. The summed E-state index contributed by atoms with van der Waals surface area (Å²) < 4.78 is 43.8. The molecule has 0 unspecified atom stereocenters. The monoisotopic (exact) mass is 309 g/mol. The second-order valence-corrected chi connectivity index (χ2v) is 5.29. The number of alkyl halides is 3. The average Bonchev–Trinajstić information content (AvgIpc) is 2.33. The van der Waals surface area contributed by atoms with Gasteiger partial charge in [-0.2, -0.15) is 13.2 Å². The second-order valence-electron chi connectivity index (χ2n) is 4.88. The standard InChI is InChI=1S/C14H19ClF3NO/c1-10(2)6-8-20-9-7-19-13-11(14(16,17)18)4-3-5-12(13)15/h3-5,10,19H,6-9H2,1-2H3. The summed E-state index contributed by atoms with van der Waals surface area (Å²) in [5, 5.41) is 2.76. The number of anilines is 1. The zero-order chi connectivity index (χ0) is 15.2. The highest BCUT2D eigenvalue weighted by Gasteiger charge is 2.34. The quantitative estimate of drug-likeness (QED) is 0.728. The number of ether oxygens (including phenoxy) is 1. The SMILES string of the molecule is CC(C)CCOCCNc1c(Cl)cccc1C(F)(F)F. The van der Waals surface area contributed by atoms with Crippen molar-refractivity contribution in [2.24, 2.45) is 5.92 Å². The molecule has 0 aliphatic rings. The molecule has 2 nitrogen and oxygen atoms in total. The molecule has 0 saturated carbocycles. The van der Waals surface area contributed by atoms with Gasteiger partial charge in [-0.25, -0.2) is 0 Å². The predicted octanol–water partition coefficient (Wildman–Crippen LogP) is 4.83. The number of rotatable bonds is 7. The molecule has 0 radical (unpaired) electrons. The summed E-state index contributed by atoms with van der Waals surface area (Å²) in [6.07, 6.45) is -3.49. The van der Waals surface area contributed by atoms with Gasteiger partial charge >= 0.3 is 6.18 Å². The van der Waals surface area contributed by atoms with Crippen LogP contribution in [0.5, 0.6) is 0 Å². The van der Waals surface area contributed by atoms with E-state index in [1.165, 1.54) is 12.1 Å². The minimum atomic E-state index is -4.42. The lowest BCUT2D eigenvalue weighted by Gasteiger charge is -2.16. The smallest absolute Gasteiger partial charge is 0.381 e. The van der Waals surface area contributed by atoms with Crippen LogP contribution in [-0.4, -0.2) is 19.8 Å². The fraction of sp³-hybridized carbons (Fsp3) is 0.571. The van der Waals surface area contributed by atoms with Crippen molar-refractivity contribution in [3.8, 4) is 0 Å². The first kappa shape index (κ1) is 17.1. The highest BCUT2D eigenvalue weighted by Crippen LogP contribution is 2.38. The van der Waals surface area contributed by atoms with Crippen molar-refractivity contribution in [2.45, 2.75) is 26.4 Å². The van der Waals surface area contributed by atoms with E-state index in [0.717, 1.165) is 12.5 Å². The molecular formula is C14H19ClF3NO. The largest absolute Gasteiger partial charge is 0.418 e. The summed E-state index contributed by atoms with van der Waals surface area (Å²) in [6.45, 7) is 5.40. The van der Waals surface area contributed by atoms with Crippen LogP contribution < -0.4 is 5.32 Å². The number of hydrogen-bond acceptors (Lipinski definition) is 2.